The summed E-state index contributed by atoms with van der Waals surface area (Å²) in [5, 5.41) is 6.78. The molecule has 2 rings (SSSR count). The highest BCUT2D eigenvalue weighted by Crippen LogP contribution is 2.16. The molecule has 0 saturated carbocycles. The lowest BCUT2D eigenvalue weighted by molar-refractivity contribution is -0.130. The van der Waals surface area contributed by atoms with E-state index in [9.17, 15) is 9.59 Å². The van der Waals surface area contributed by atoms with Gasteiger partial charge in [-0.3, -0.25) is 9.59 Å². The molecule has 0 aliphatic carbocycles. The summed E-state index contributed by atoms with van der Waals surface area (Å²) in [7, 11) is 0. The van der Waals surface area contributed by atoms with Gasteiger partial charge in [0.05, 0.1) is 12.8 Å². The topological polar surface area (TPSA) is 89.0 Å². The third-order valence-electron chi connectivity index (χ3n) is 4.41. The van der Waals surface area contributed by atoms with Crippen molar-refractivity contribution in [2.75, 3.05) is 13.2 Å². The highest BCUT2D eigenvalue weighted by atomic mass is 16.5. The first-order valence-electron chi connectivity index (χ1n) is 10.4. The van der Waals surface area contributed by atoms with Crippen molar-refractivity contribution in [1.29, 1.82) is 0 Å². The summed E-state index contributed by atoms with van der Waals surface area (Å²) in [5.41, 5.74) is 4.20. The minimum Gasteiger partial charge on any atom is -0.493 e. The van der Waals surface area contributed by atoms with Gasteiger partial charge >= 0.3 is 0 Å². The molecule has 0 spiro atoms. The summed E-state index contributed by atoms with van der Waals surface area (Å²) in [6.07, 6.45) is 2.01. The van der Waals surface area contributed by atoms with E-state index in [1.165, 1.54) is 6.21 Å². The zero-order chi connectivity index (χ0) is 22.6. The van der Waals surface area contributed by atoms with Crippen LogP contribution in [0.2, 0.25) is 0 Å². The Labute approximate surface area is 183 Å². The van der Waals surface area contributed by atoms with E-state index in [1.807, 2.05) is 70.2 Å². The molecule has 0 saturated heterocycles. The van der Waals surface area contributed by atoms with Crippen molar-refractivity contribution in [1.82, 2.24) is 10.7 Å². The predicted octanol–water partition coefficient (Wildman–Crippen LogP) is 3.45. The number of rotatable bonds is 11. The van der Waals surface area contributed by atoms with Gasteiger partial charge in [-0.05, 0) is 49.9 Å². The van der Waals surface area contributed by atoms with Gasteiger partial charge in [-0.1, -0.05) is 44.2 Å². The number of ether oxygens (including phenoxy) is 2. The number of hydrogen-bond donors (Lipinski definition) is 2. The average Bonchev–Trinajstić information content (AvgIpc) is 2.73. The van der Waals surface area contributed by atoms with E-state index in [2.05, 4.69) is 15.8 Å². The Morgan fingerprint density at radius 2 is 1.71 bits per heavy atom. The Morgan fingerprint density at radius 1 is 1.03 bits per heavy atom. The van der Waals surface area contributed by atoms with Crippen molar-refractivity contribution in [3.8, 4) is 11.5 Å². The summed E-state index contributed by atoms with van der Waals surface area (Å²) in [6, 6.07) is 14.2. The molecule has 2 aromatic carbocycles. The molecule has 0 heterocycles. The molecule has 0 bridgehead atoms. The summed E-state index contributed by atoms with van der Waals surface area (Å²) in [6.45, 7) is 8.14. The molecule has 0 aromatic heterocycles. The lowest BCUT2D eigenvalue weighted by Crippen LogP contribution is -2.47. The van der Waals surface area contributed by atoms with E-state index in [0.29, 0.717) is 24.5 Å². The van der Waals surface area contributed by atoms with E-state index in [0.717, 1.165) is 11.1 Å². The number of nitrogens with zero attached hydrogens (tertiary/aromatic N) is 1. The largest absolute Gasteiger partial charge is 0.493 e. The van der Waals surface area contributed by atoms with Gasteiger partial charge in [-0.25, -0.2) is 5.43 Å². The third-order valence-corrected chi connectivity index (χ3v) is 4.41. The van der Waals surface area contributed by atoms with E-state index < -0.39 is 6.04 Å². The van der Waals surface area contributed by atoms with Crippen LogP contribution in [0.25, 0.3) is 0 Å². The van der Waals surface area contributed by atoms with Gasteiger partial charge in [0, 0.05) is 5.56 Å². The molecule has 166 valence electrons. The molecular formula is C24H31N3O4. The maximum Gasteiger partial charge on any atom is 0.262 e. The highest BCUT2D eigenvalue weighted by Gasteiger charge is 2.22. The van der Waals surface area contributed by atoms with Crippen LogP contribution < -0.4 is 20.2 Å². The van der Waals surface area contributed by atoms with Gasteiger partial charge in [0.25, 0.3) is 11.8 Å². The molecule has 2 aromatic rings. The monoisotopic (exact) mass is 425 g/mol. The van der Waals surface area contributed by atoms with Crippen LogP contribution >= 0.6 is 0 Å². The summed E-state index contributed by atoms with van der Waals surface area (Å²) >= 11 is 0. The Balaban J connectivity index is 1.95. The summed E-state index contributed by atoms with van der Waals surface area (Å²) in [4.78, 5) is 25.0. The molecule has 0 aliphatic heterocycles. The lowest BCUT2D eigenvalue weighted by Gasteiger charge is -2.19. The quantitative estimate of drug-likeness (QED) is 0.426. The van der Waals surface area contributed by atoms with Crippen LogP contribution in [0.3, 0.4) is 0 Å². The third kappa shape index (κ3) is 8.12. The molecule has 0 radical (unpaired) electrons. The predicted molar refractivity (Wildman–Crippen MR) is 121 cm³/mol. The Bertz CT molecular complexity index is 896. The zero-order valence-electron chi connectivity index (χ0n) is 18.6. The second-order valence-corrected chi connectivity index (χ2v) is 7.51. The summed E-state index contributed by atoms with van der Waals surface area (Å²) in [5.74, 6) is 0.775. The van der Waals surface area contributed by atoms with Gasteiger partial charge < -0.3 is 14.8 Å². The van der Waals surface area contributed by atoms with Gasteiger partial charge in [0.2, 0.25) is 0 Å². The number of para-hydroxylation sites is 2. The van der Waals surface area contributed by atoms with Crippen LogP contribution in [0.15, 0.2) is 53.6 Å². The number of hydrogen-bond acceptors (Lipinski definition) is 5. The van der Waals surface area contributed by atoms with Crippen LogP contribution in [0.5, 0.6) is 11.5 Å². The van der Waals surface area contributed by atoms with E-state index in [1.54, 1.807) is 6.07 Å². The minimum absolute atomic E-state index is 0.169. The summed E-state index contributed by atoms with van der Waals surface area (Å²) < 4.78 is 11.1. The smallest absolute Gasteiger partial charge is 0.262 e. The van der Waals surface area contributed by atoms with Crippen molar-refractivity contribution in [2.24, 2.45) is 11.0 Å². The Kier molecular flexibility index (Phi) is 9.55. The number of hydrazone groups is 1. The SMILES string of the molecule is CCOc1ccccc1/C=N\NC(=O)[C@H](CC(C)C)NC(=O)COc1ccccc1C. The number of aryl methyl sites for hydroxylation is 1. The number of amides is 2. The average molecular weight is 426 g/mol. The highest BCUT2D eigenvalue weighted by molar-refractivity contribution is 5.89. The fraction of sp³-hybridized carbons (Fsp3) is 0.375. The van der Waals surface area contributed by atoms with Crippen molar-refractivity contribution >= 4 is 18.0 Å². The second kappa shape index (κ2) is 12.4. The van der Waals surface area contributed by atoms with Crippen LogP contribution in [0, 0.1) is 12.8 Å². The first kappa shape index (κ1) is 23.9. The fourth-order valence-corrected chi connectivity index (χ4v) is 2.92. The molecule has 0 unspecified atom stereocenters. The minimum atomic E-state index is -0.716. The molecule has 2 N–H and O–H groups in total. The molecule has 7 nitrogen and oxygen atoms in total. The van der Waals surface area contributed by atoms with Crippen molar-refractivity contribution in [3.63, 3.8) is 0 Å². The molecule has 7 heteroatoms. The molecule has 31 heavy (non-hydrogen) atoms. The van der Waals surface area contributed by atoms with E-state index in [-0.39, 0.29) is 24.3 Å². The van der Waals surface area contributed by atoms with Crippen LogP contribution in [0.1, 0.15) is 38.3 Å². The van der Waals surface area contributed by atoms with Gasteiger partial charge in [0.1, 0.15) is 17.5 Å². The van der Waals surface area contributed by atoms with Gasteiger partial charge in [0.15, 0.2) is 6.61 Å². The molecular weight excluding hydrogens is 394 g/mol. The van der Waals surface area contributed by atoms with Crippen LogP contribution in [-0.4, -0.2) is 37.3 Å². The number of carbonyl (C=O) groups excluding carboxylic acids is 2. The van der Waals surface area contributed by atoms with Crippen LogP contribution in [-0.2, 0) is 9.59 Å². The van der Waals surface area contributed by atoms with E-state index >= 15 is 0 Å². The molecule has 0 fully saturated rings. The fourth-order valence-electron chi connectivity index (χ4n) is 2.92. The van der Waals surface area contributed by atoms with Crippen molar-refractivity contribution in [2.45, 2.75) is 40.2 Å². The molecule has 1 atom stereocenters. The van der Waals surface area contributed by atoms with Crippen molar-refractivity contribution in [3.05, 3.63) is 59.7 Å². The first-order valence-corrected chi connectivity index (χ1v) is 10.4. The van der Waals surface area contributed by atoms with Crippen molar-refractivity contribution < 1.29 is 19.1 Å². The second-order valence-electron chi connectivity index (χ2n) is 7.51. The normalized spacial score (nSPS) is 11.9. The standard InChI is InChI=1S/C24H31N3O4/c1-5-30-22-13-9-7-11-19(22)15-25-27-24(29)20(14-17(2)3)26-23(28)16-31-21-12-8-6-10-18(21)4/h6-13,15,17,20H,5,14,16H2,1-4H3,(H,26,28)(H,27,29)/b25-15-/t20-/m0/s1. The Hall–Kier alpha value is -3.35. The number of nitrogens with one attached hydrogen (secondary N) is 2. The number of benzene rings is 2. The first-order chi connectivity index (χ1) is 14.9. The lowest BCUT2D eigenvalue weighted by atomic mass is 10.0. The molecule has 0 aliphatic rings. The van der Waals surface area contributed by atoms with E-state index in [4.69, 9.17) is 9.47 Å². The molecule has 2 amide bonds. The van der Waals surface area contributed by atoms with Crippen LogP contribution in [0.4, 0.5) is 0 Å². The maximum atomic E-state index is 12.6. The zero-order valence-corrected chi connectivity index (χ0v) is 18.6. The Morgan fingerprint density at radius 3 is 2.39 bits per heavy atom. The van der Waals surface area contributed by atoms with Gasteiger partial charge in [-0.15, -0.1) is 0 Å². The maximum absolute atomic E-state index is 12.6. The number of carbonyl (C=O) groups is 2. The van der Waals surface area contributed by atoms with Gasteiger partial charge in [-0.2, -0.15) is 5.10 Å².